The van der Waals surface area contributed by atoms with Gasteiger partial charge in [0.05, 0.1) is 119 Å². The van der Waals surface area contributed by atoms with Gasteiger partial charge in [0.1, 0.15) is 0 Å². The van der Waals surface area contributed by atoms with Crippen LogP contribution in [0.25, 0.3) is 0 Å². The zero-order chi connectivity index (χ0) is 31.2. The molecule has 0 aromatic carbocycles. The molecule has 0 fully saturated rings. The van der Waals surface area contributed by atoms with Crippen LogP contribution in [0.4, 0.5) is 0 Å². The van der Waals surface area contributed by atoms with E-state index < -0.39 is 0 Å². The van der Waals surface area contributed by atoms with Crippen molar-refractivity contribution in [2.24, 2.45) is 5.92 Å². The minimum absolute atomic E-state index is 0.533. The summed E-state index contributed by atoms with van der Waals surface area (Å²) < 4.78 is 55.1. The summed E-state index contributed by atoms with van der Waals surface area (Å²) in [6, 6.07) is 0. The summed E-state index contributed by atoms with van der Waals surface area (Å²) in [5.41, 5.74) is 0. The van der Waals surface area contributed by atoms with Crippen molar-refractivity contribution in [3.05, 3.63) is 0 Å². The normalized spacial score (nSPS) is 12.3. The molecular formula is C33H68O10. The van der Waals surface area contributed by atoms with E-state index in [1.165, 1.54) is 44.9 Å². The Morgan fingerprint density at radius 3 is 0.860 bits per heavy atom. The van der Waals surface area contributed by atoms with Crippen LogP contribution >= 0.6 is 0 Å². The minimum Gasteiger partial charge on any atom is -0.379 e. The van der Waals surface area contributed by atoms with Crippen LogP contribution in [-0.4, -0.2) is 132 Å². The summed E-state index contributed by atoms with van der Waals surface area (Å²) in [5.74, 6) is 0.603. The second-order valence-electron chi connectivity index (χ2n) is 10.6. The van der Waals surface area contributed by atoms with E-state index in [4.69, 9.17) is 47.4 Å². The van der Waals surface area contributed by atoms with Crippen molar-refractivity contribution in [1.82, 2.24) is 0 Å². The molecule has 10 nitrogen and oxygen atoms in total. The first kappa shape index (κ1) is 42.6. The van der Waals surface area contributed by atoms with E-state index in [1.54, 1.807) is 0 Å². The van der Waals surface area contributed by atoms with Gasteiger partial charge < -0.3 is 47.4 Å². The third-order valence-electron chi connectivity index (χ3n) is 6.59. The summed E-state index contributed by atoms with van der Waals surface area (Å²) in [6.45, 7) is 18.4. The van der Waals surface area contributed by atoms with Gasteiger partial charge in [-0.25, -0.2) is 0 Å². The molecule has 0 bridgehead atoms. The van der Waals surface area contributed by atoms with Crippen molar-refractivity contribution >= 4 is 0 Å². The van der Waals surface area contributed by atoms with Gasteiger partial charge in [-0.1, -0.05) is 72.1 Å². The van der Waals surface area contributed by atoms with E-state index in [9.17, 15) is 0 Å². The molecule has 260 valence electrons. The Hall–Kier alpha value is -0.400. The highest BCUT2D eigenvalue weighted by Gasteiger charge is 1.99. The molecule has 0 rings (SSSR count). The van der Waals surface area contributed by atoms with Gasteiger partial charge in [0.2, 0.25) is 0 Å². The number of ether oxygens (including phenoxy) is 10. The smallest absolute Gasteiger partial charge is 0.0701 e. The quantitative estimate of drug-likeness (QED) is 0.0835. The summed E-state index contributed by atoms with van der Waals surface area (Å²) in [4.78, 5) is 0. The molecule has 0 amide bonds. The molecule has 0 saturated carbocycles. The summed E-state index contributed by atoms with van der Waals surface area (Å²) in [5, 5.41) is 0. The maximum Gasteiger partial charge on any atom is 0.0701 e. The lowest BCUT2D eigenvalue weighted by atomic mass is 10.1. The fourth-order valence-corrected chi connectivity index (χ4v) is 3.72. The molecule has 10 heteroatoms. The Morgan fingerprint density at radius 2 is 0.558 bits per heavy atom. The molecule has 0 N–H and O–H groups in total. The number of rotatable bonds is 39. The van der Waals surface area contributed by atoms with Crippen LogP contribution in [0.2, 0.25) is 0 Å². The van der Waals surface area contributed by atoms with Gasteiger partial charge in [-0.2, -0.15) is 0 Å². The summed E-state index contributed by atoms with van der Waals surface area (Å²) in [6.07, 6.45) is 11.7. The van der Waals surface area contributed by atoms with Crippen molar-refractivity contribution in [3.63, 3.8) is 0 Å². The summed E-state index contributed by atoms with van der Waals surface area (Å²) in [7, 11) is 0. The molecular weight excluding hydrogens is 556 g/mol. The van der Waals surface area contributed by atoms with Crippen LogP contribution in [0, 0.1) is 5.92 Å². The Kier molecular flexibility index (Phi) is 39.3. The average molecular weight is 625 g/mol. The van der Waals surface area contributed by atoms with E-state index in [0.717, 1.165) is 26.1 Å². The molecule has 0 spiro atoms. The third kappa shape index (κ3) is 39.6. The van der Waals surface area contributed by atoms with E-state index in [0.29, 0.717) is 125 Å². The lowest BCUT2D eigenvalue weighted by Gasteiger charge is -2.10. The molecule has 0 aliphatic rings. The Bertz CT molecular complexity index is 487. The van der Waals surface area contributed by atoms with Crippen molar-refractivity contribution in [3.8, 4) is 0 Å². The van der Waals surface area contributed by atoms with Crippen molar-refractivity contribution < 1.29 is 47.4 Å². The van der Waals surface area contributed by atoms with Crippen molar-refractivity contribution in [1.29, 1.82) is 0 Å². The fraction of sp³-hybridized carbons (Fsp3) is 1.00. The Morgan fingerprint density at radius 1 is 0.302 bits per heavy atom. The first-order valence-corrected chi connectivity index (χ1v) is 17.1. The molecule has 0 radical (unpaired) electrons. The van der Waals surface area contributed by atoms with Gasteiger partial charge in [0.25, 0.3) is 0 Å². The zero-order valence-electron chi connectivity index (χ0n) is 28.2. The van der Waals surface area contributed by atoms with Crippen molar-refractivity contribution in [2.75, 3.05) is 132 Å². The molecule has 1 unspecified atom stereocenters. The average Bonchev–Trinajstić information content (AvgIpc) is 3.02. The highest BCUT2D eigenvalue weighted by molar-refractivity contribution is 4.47. The van der Waals surface area contributed by atoms with Gasteiger partial charge >= 0.3 is 0 Å². The van der Waals surface area contributed by atoms with Crippen molar-refractivity contribution in [2.45, 2.75) is 78.6 Å². The van der Waals surface area contributed by atoms with Gasteiger partial charge in [-0.3, -0.25) is 0 Å². The fourth-order valence-electron chi connectivity index (χ4n) is 3.72. The lowest BCUT2D eigenvalue weighted by Crippen LogP contribution is -2.15. The van der Waals surface area contributed by atoms with E-state index in [2.05, 4.69) is 20.8 Å². The van der Waals surface area contributed by atoms with Crippen LogP contribution in [0.1, 0.15) is 78.6 Å². The Balaban J connectivity index is 3.04. The maximum absolute atomic E-state index is 5.62. The molecule has 0 aliphatic carbocycles. The topological polar surface area (TPSA) is 92.3 Å². The lowest BCUT2D eigenvalue weighted by molar-refractivity contribution is -0.0268. The van der Waals surface area contributed by atoms with Gasteiger partial charge in [0.15, 0.2) is 0 Å². The molecule has 0 aromatic rings. The van der Waals surface area contributed by atoms with Crippen LogP contribution < -0.4 is 0 Å². The maximum atomic E-state index is 5.62. The highest BCUT2D eigenvalue weighted by atomic mass is 16.6. The van der Waals surface area contributed by atoms with Crippen LogP contribution in [0.5, 0.6) is 0 Å². The molecule has 0 saturated heterocycles. The van der Waals surface area contributed by atoms with Crippen LogP contribution in [0.3, 0.4) is 0 Å². The van der Waals surface area contributed by atoms with Gasteiger partial charge in [-0.05, 0) is 12.3 Å². The highest BCUT2D eigenvalue weighted by Crippen LogP contribution is 2.08. The Labute approximate surface area is 264 Å². The SMILES string of the molecule is CCCCCCCCCCOCCOCCOCCOCCOCCOCCOCCOCCOCCOCC(C)CC. The van der Waals surface area contributed by atoms with E-state index in [1.807, 2.05) is 0 Å². The summed E-state index contributed by atoms with van der Waals surface area (Å²) >= 11 is 0. The monoisotopic (exact) mass is 624 g/mol. The second kappa shape index (κ2) is 39.6. The first-order valence-electron chi connectivity index (χ1n) is 17.1. The molecule has 1 atom stereocenters. The van der Waals surface area contributed by atoms with Gasteiger partial charge in [-0.15, -0.1) is 0 Å². The molecule has 43 heavy (non-hydrogen) atoms. The third-order valence-corrected chi connectivity index (χ3v) is 6.59. The van der Waals surface area contributed by atoms with E-state index in [-0.39, 0.29) is 0 Å². The first-order chi connectivity index (χ1) is 21.3. The standard InChI is InChI=1S/C33H68O10/c1-4-6-7-8-9-10-11-12-13-34-14-15-35-16-17-36-18-19-37-20-21-38-22-23-39-24-25-40-26-27-41-28-29-42-30-31-43-32-33(3)5-2/h33H,4-32H2,1-3H3. The van der Waals surface area contributed by atoms with Crippen LogP contribution in [-0.2, 0) is 47.4 Å². The van der Waals surface area contributed by atoms with Gasteiger partial charge in [0, 0.05) is 13.2 Å². The predicted molar refractivity (Wildman–Crippen MR) is 170 cm³/mol. The minimum atomic E-state index is 0.533. The second-order valence-corrected chi connectivity index (χ2v) is 10.6. The number of unbranched alkanes of at least 4 members (excludes halogenated alkanes) is 7. The molecule has 0 aliphatic heterocycles. The van der Waals surface area contributed by atoms with Crippen LogP contribution in [0.15, 0.2) is 0 Å². The molecule has 0 aromatic heterocycles. The predicted octanol–water partition coefficient (Wildman–Crippen LogP) is 5.34. The largest absolute Gasteiger partial charge is 0.379 e. The molecule has 0 heterocycles. The zero-order valence-corrected chi connectivity index (χ0v) is 28.2. The van der Waals surface area contributed by atoms with E-state index >= 15 is 0 Å². The number of hydrogen-bond donors (Lipinski definition) is 0. The number of hydrogen-bond acceptors (Lipinski definition) is 10.